The van der Waals surface area contributed by atoms with Gasteiger partial charge in [0.1, 0.15) is 0 Å². The number of hydrogen-bond acceptors (Lipinski definition) is 4. The van der Waals surface area contributed by atoms with Crippen LogP contribution >= 0.6 is 0 Å². The molecule has 4 nitrogen and oxygen atoms in total. The molecule has 3 N–H and O–H groups in total. The van der Waals surface area contributed by atoms with Crippen molar-refractivity contribution in [3.8, 4) is 0 Å². The SMILES string of the molecule is CS(=O)(=O)c1ccc(CCNCN)cc1. The maximum atomic E-state index is 11.2. The molecular formula is C10H16N2O2S. The van der Waals surface area contributed by atoms with Gasteiger partial charge in [0.2, 0.25) is 0 Å². The van der Waals surface area contributed by atoms with E-state index in [0.717, 1.165) is 18.5 Å². The van der Waals surface area contributed by atoms with E-state index in [1.807, 2.05) is 12.1 Å². The molecule has 1 aromatic rings. The van der Waals surface area contributed by atoms with Crippen molar-refractivity contribution in [1.82, 2.24) is 5.32 Å². The van der Waals surface area contributed by atoms with E-state index >= 15 is 0 Å². The molecule has 0 spiro atoms. The summed E-state index contributed by atoms with van der Waals surface area (Å²) in [7, 11) is -3.08. The van der Waals surface area contributed by atoms with Crippen molar-refractivity contribution >= 4 is 9.84 Å². The fourth-order valence-electron chi connectivity index (χ4n) is 1.24. The third kappa shape index (κ3) is 3.99. The van der Waals surface area contributed by atoms with Gasteiger partial charge in [-0.1, -0.05) is 12.1 Å². The van der Waals surface area contributed by atoms with Crippen LogP contribution in [0, 0.1) is 0 Å². The van der Waals surface area contributed by atoms with Crippen molar-refractivity contribution in [2.45, 2.75) is 11.3 Å². The van der Waals surface area contributed by atoms with E-state index in [9.17, 15) is 8.42 Å². The van der Waals surface area contributed by atoms with Gasteiger partial charge < -0.3 is 11.1 Å². The number of hydrogen-bond donors (Lipinski definition) is 2. The van der Waals surface area contributed by atoms with Gasteiger partial charge in [-0.05, 0) is 24.1 Å². The molecule has 1 aromatic carbocycles. The van der Waals surface area contributed by atoms with E-state index in [0.29, 0.717) is 11.6 Å². The summed E-state index contributed by atoms with van der Waals surface area (Å²) in [6.07, 6.45) is 2.05. The molecule has 0 saturated heterocycles. The zero-order valence-electron chi connectivity index (χ0n) is 8.73. The van der Waals surface area contributed by atoms with Crippen LogP contribution in [0.3, 0.4) is 0 Å². The summed E-state index contributed by atoms with van der Waals surface area (Å²) in [5.74, 6) is 0. The van der Waals surface area contributed by atoms with E-state index in [1.165, 1.54) is 6.26 Å². The van der Waals surface area contributed by atoms with Crippen LogP contribution in [0.5, 0.6) is 0 Å². The Kier molecular flexibility index (Phi) is 4.26. The first-order valence-electron chi connectivity index (χ1n) is 4.74. The highest BCUT2D eigenvalue weighted by Crippen LogP contribution is 2.10. The monoisotopic (exact) mass is 228 g/mol. The lowest BCUT2D eigenvalue weighted by atomic mass is 10.1. The molecule has 0 aliphatic rings. The van der Waals surface area contributed by atoms with Gasteiger partial charge in [-0.25, -0.2) is 8.42 Å². The number of nitrogens with one attached hydrogen (secondary N) is 1. The van der Waals surface area contributed by atoms with Crippen LogP contribution in [0.4, 0.5) is 0 Å². The quantitative estimate of drug-likeness (QED) is 0.555. The molecule has 0 bridgehead atoms. The zero-order valence-corrected chi connectivity index (χ0v) is 9.55. The van der Waals surface area contributed by atoms with Crippen molar-refractivity contribution in [2.75, 3.05) is 19.5 Å². The van der Waals surface area contributed by atoms with Crippen LogP contribution in [0.1, 0.15) is 5.56 Å². The lowest BCUT2D eigenvalue weighted by molar-refractivity contribution is 0.602. The van der Waals surface area contributed by atoms with Crippen molar-refractivity contribution < 1.29 is 8.42 Å². The number of rotatable bonds is 5. The predicted octanol–water partition coefficient (Wildman–Crippen LogP) is 0.138. The van der Waals surface area contributed by atoms with Crippen molar-refractivity contribution in [3.63, 3.8) is 0 Å². The highest BCUT2D eigenvalue weighted by atomic mass is 32.2. The smallest absolute Gasteiger partial charge is 0.175 e. The average Bonchev–Trinajstić information content (AvgIpc) is 2.18. The summed E-state index contributed by atoms with van der Waals surface area (Å²) in [6, 6.07) is 6.92. The Morgan fingerprint density at radius 1 is 1.27 bits per heavy atom. The molecule has 0 radical (unpaired) electrons. The summed E-state index contributed by atoms with van der Waals surface area (Å²) in [5.41, 5.74) is 6.38. The fraction of sp³-hybridized carbons (Fsp3) is 0.400. The van der Waals surface area contributed by atoms with Gasteiger partial charge in [0.15, 0.2) is 9.84 Å². The van der Waals surface area contributed by atoms with Crippen LogP contribution in [0.15, 0.2) is 29.2 Å². The molecule has 1 rings (SSSR count). The first-order chi connectivity index (χ1) is 7.04. The lowest BCUT2D eigenvalue weighted by Crippen LogP contribution is -2.24. The Balaban J connectivity index is 2.65. The first kappa shape index (κ1) is 12.2. The fourth-order valence-corrected chi connectivity index (χ4v) is 1.87. The minimum Gasteiger partial charge on any atom is -0.318 e. The minimum atomic E-state index is -3.08. The topological polar surface area (TPSA) is 72.2 Å². The first-order valence-corrected chi connectivity index (χ1v) is 6.63. The highest BCUT2D eigenvalue weighted by molar-refractivity contribution is 7.90. The summed E-state index contributed by atoms with van der Waals surface area (Å²) < 4.78 is 22.4. The van der Waals surface area contributed by atoms with Crippen molar-refractivity contribution in [1.29, 1.82) is 0 Å². The second-order valence-electron chi connectivity index (χ2n) is 3.37. The van der Waals surface area contributed by atoms with E-state index < -0.39 is 9.84 Å². The summed E-state index contributed by atoms with van der Waals surface area (Å²) in [5, 5.41) is 3.00. The Hall–Kier alpha value is -0.910. The van der Waals surface area contributed by atoms with Gasteiger partial charge in [-0.15, -0.1) is 0 Å². The molecule has 0 aliphatic carbocycles. The Morgan fingerprint density at radius 2 is 1.87 bits per heavy atom. The number of nitrogens with two attached hydrogens (primary N) is 1. The van der Waals surface area contributed by atoms with Gasteiger partial charge in [-0.3, -0.25) is 0 Å². The van der Waals surface area contributed by atoms with Gasteiger partial charge in [0.25, 0.3) is 0 Å². The molecule has 84 valence electrons. The molecule has 0 unspecified atom stereocenters. The maximum Gasteiger partial charge on any atom is 0.175 e. The normalized spacial score (nSPS) is 11.6. The molecule has 0 aliphatic heterocycles. The van der Waals surface area contributed by atoms with E-state index in [4.69, 9.17) is 5.73 Å². The van der Waals surface area contributed by atoms with Crippen molar-refractivity contribution in [3.05, 3.63) is 29.8 Å². The molecule has 15 heavy (non-hydrogen) atoms. The van der Waals surface area contributed by atoms with Crippen molar-refractivity contribution in [2.24, 2.45) is 5.73 Å². The van der Waals surface area contributed by atoms with Crippen LogP contribution in [-0.4, -0.2) is 27.9 Å². The highest BCUT2D eigenvalue weighted by Gasteiger charge is 2.05. The molecule has 0 saturated carbocycles. The average molecular weight is 228 g/mol. The molecule has 0 amide bonds. The van der Waals surface area contributed by atoms with Gasteiger partial charge in [0, 0.05) is 19.5 Å². The molecule has 5 heteroatoms. The Labute approximate surface area is 90.4 Å². The Morgan fingerprint density at radius 3 is 2.33 bits per heavy atom. The zero-order chi connectivity index (χ0) is 11.3. The molecule has 0 fully saturated rings. The lowest BCUT2D eigenvalue weighted by Gasteiger charge is -2.03. The van der Waals surface area contributed by atoms with Gasteiger partial charge in [-0.2, -0.15) is 0 Å². The second-order valence-corrected chi connectivity index (χ2v) is 5.39. The van der Waals surface area contributed by atoms with Gasteiger partial charge in [0.05, 0.1) is 4.90 Å². The summed E-state index contributed by atoms with van der Waals surface area (Å²) >= 11 is 0. The van der Waals surface area contributed by atoms with Crippen LogP contribution < -0.4 is 11.1 Å². The van der Waals surface area contributed by atoms with Gasteiger partial charge >= 0.3 is 0 Å². The van der Waals surface area contributed by atoms with Crippen LogP contribution in [0.25, 0.3) is 0 Å². The third-order valence-electron chi connectivity index (χ3n) is 2.09. The van der Waals surface area contributed by atoms with E-state index in [1.54, 1.807) is 12.1 Å². The van der Waals surface area contributed by atoms with E-state index in [2.05, 4.69) is 5.32 Å². The largest absolute Gasteiger partial charge is 0.318 e. The molecule has 0 aromatic heterocycles. The third-order valence-corrected chi connectivity index (χ3v) is 3.21. The summed E-state index contributed by atoms with van der Waals surface area (Å²) in [4.78, 5) is 0.359. The van der Waals surface area contributed by atoms with E-state index in [-0.39, 0.29) is 0 Å². The summed E-state index contributed by atoms with van der Waals surface area (Å²) in [6.45, 7) is 1.26. The maximum absolute atomic E-state index is 11.2. The predicted molar refractivity (Wildman–Crippen MR) is 60.3 cm³/mol. The number of sulfone groups is 1. The molecule has 0 heterocycles. The molecular weight excluding hydrogens is 212 g/mol. The minimum absolute atomic E-state index is 0.359. The second kappa shape index (κ2) is 5.25. The van der Waals surface area contributed by atoms with Crippen LogP contribution in [0.2, 0.25) is 0 Å². The Bertz CT molecular complexity index is 398. The standard InChI is InChI=1S/C10H16N2O2S/c1-15(13,14)10-4-2-9(3-5-10)6-7-12-8-11/h2-5,12H,6-8,11H2,1H3. The number of benzene rings is 1. The molecule has 0 atom stereocenters. The van der Waals surface area contributed by atoms with Crippen LogP contribution in [-0.2, 0) is 16.3 Å².